The lowest BCUT2D eigenvalue weighted by Gasteiger charge is -2.16. The van der Waals surface area contributed by atoms with Crippen molar-refractivity contribution in [2.75, 3.05) is 20.8 Å². The number of nitrogens with one attached hydrogen (secondary N) is 1. The standard InChI is InChI=1S/C19H23NO4/c1-5-24-16-9-6-14(7-10-16)13(2)20-19(21)15-8-11-17(22-3)18(12-15)23-4/h6-13H,5H2,1-4H3,(H,20,21). The lowest BCUT2D eigenvalue weighted by atomic mass is 10.1. The van der Waals surface area contributed by atoms with Crippen LogP contribution in [0.1, 0.15) is 35.8 Å². The molecule has 0 saturated carbocycles. The molecule has 1 atom stereocenters. The second-order valence-electron chi connectivity index (χ2n) is 5.27. The number of amides is 1. The van der Waals surface area contributed by atoms with E-state index in [2.05, 4.69) is 5.32 Å². The zero-order valence-electron chi connectivity index (χ0n) is 14.5. The van der Waals surface area contributed by atoms with E-state index >= 15 is 0 Å². The van der Waals surface area contributed by atoms with Gasteiger partial charge in [0.15, 0.2) is 11.5 Å². The first-order valence-electron chi connectivity index (χ1n) is 7.84. The Balaban J connectivity index is 2.08. The van der Waals surface area contributed by atoms with Gasteiger partial charge in [0.2, 0.25) is 0 Å². The van der Waals surface area contributed by atoms with Gasteiger partial charge >= 0.3 is 0 Å². The molecule has 0 saturated heterocycles. The Labute approximate surface area is 142 Å². The zero-order valence-corrected chi connectivity index (χ0v) is 14.5. The van der Waals surface area contributed by atoms with Crippen molar-refractivity contribution in [1.29, 1.82) is 0 Å². The number of hydrogen-bond donors (Lipinski definition) is 1. The molecular formula is C19H23NO4. The van der Waals surface area contributed by atoms with Crippen LogP contribution in [0.5, 0.6) is 17.2 Å². The number of hydrogen-bond acceptors (Lipinski definition) is 4. The average Bonchev–Trinajstić information content (AvgIpc) is 2.61. The SMILES string of the molecule is CCOc1ccc(C(C)NC(=O)c2ccc(OC)c(OC)c2)cc1. The molecule has 0 heterocycles. The highest BCUT2D eigenvalue weighted by Crippen LogP contribution is 2.27. The molecule has 24 heavy (non-hydrogen) atoms. The van der Waals surface area contributed by atoms with E-state index in [1.807, 2.05) is 38.1 Å². The average molecular weight is 329 g/mol. The number of carbonyl (C=O) groups excluding carboxylic acids is 1. The van der Waals surface area contributed by atoms with E-state index in [1.165, 1.54) is 0 Å². The Bertz CT molecular complexity index is 682. The van der Waals surface area contributed by atoms with Crippen LogP contribution < -0.4 is 19.5 Å². The van der Waals surface area contributed by atoms with Crippen LogP contribution >= 0.6 is 0 Å². The van der Waals surface area contributed by atoms with Crippen LogP contribution in [0.25, 0.3) is 0 Å². The molecule has 1 amide bonds. The molecule has 2 aromatic carbocycles. The molecule has 2 rings (SSSR count). The van der Waals surface area contributed by atoms with Gasteiger partial charge in [-0.25, -0.2) is 0 Å². The van der Waals surface area contributed by atoms with Crippen LogP contribution in [-0.2, 0) is 0 Å². The molecular weight excluding hydrogens is 306 g/mol. The minimum atomic E-state index is -0.169. The normalized spacial score (nSPS) is 11.5. The third-order valence-electron chi connectivity index (χ3n) is 3.68. The first-order valence-corrected chi connectivity index (χ1v) is 7.84. The molecule has 0 radical (unpaired) electrons. The van der Waals surface area contributed by atoms with Gasteiger partial charge < -0.3 is 19.5 Å². The maximum absolute atomic E-state index is 12.4. The summed E-state index contributed by atoms with van der Waals surface area (Å²) in [5.74, 6) is 1.77. The van der Waals surface area contributed by atoms with Gasteiger partial charge in [-0.2, -0.15) is 0 Å². The first-order chi connectivity index (χ1) is 11.6. The van der Waals surface area contributed by atoms with Gasteiger partial charge in [-0.3, -0.25) is 4.79 Å². The topological polar surface area (TPSA) is 56.8 Å². The van der Waals surface area contributed by atoms with Crippen molar-refractivity contribution in [3.05, 3.63) is 53.6 Å². The lowest BCUT2D eigenvalue weighted by Crippen LogP contribution is -2.26. The van der Waals surface area contributed by atoms with Crippen LogP contribution in [0.4, 0.5) is 0 Å². The van der Waals surface area contributed by atoms with Crippen LogP contribution in [0.15, 0.2) is 42.5 Å². The fourth-order valence-electron chi connectivity index (χ4n) is 2.36. The van der Waals surface area contributed by atoms with Crippen LogP contribution in [0, 0.1) is 0 Å². The Morgan fingerprint density at radius 1 is 1.04 bits per heavy atom. The molecule has 2 aromatic rings. The highest BCUT2D eigenvalue weighted by Gasteiger charge is 2.14. The molecule has 5 heteroatoms. The quantitative estimate of drug-likeness (QED) is 0.843. The molecule has 5 nitrogen and oxygen atoms in total. The summed E-state index contributed by atoms with van der Waals surface area (Å²) in [6.07, 6.45) is 0. The fourth-order valence-corrected chi connectivity index (χ4v) is 2.36. The van der Waals surface area contributed by atoms with E-state index in [9.17, 15) is 4.79 Å². The third-order valence-corrected chi connectivity index (χ3v) is 3.68. The first kappa shape index (κ1) is 17.7. The molecule has 0 aliphatic rings. The van der Waals surface area contributed by atoms with Crippen molar-refractivity contribution in [3.63, 3.8) is 0 Å². The number of ether oxygens (including phenoxy) is 3. The van der Waals surface area contributed by atoms with Crippen LogP contribution in [0.3, 0.4) is 0 Å². The summed E-state index contributed by atoms with van der Waals surface area (Å²) in [5, 5.41) is 2.98. The minimum Gasteiger partial charge on any atom is -0.494 e. The number of methoxy groups -OCH3 is 2. The Morgan fingerprint density at radius 3 is 2.29 bits per heavy atom. The van der Waals surface area contributed by atoms with Gasteiger partial charge in [0.05, 0.1) is 26.9 Å². The number of benzene rings is 2. The van der Waals surface area contributed by atoms with Crippen molar-refractivity contribution >= 4 is 5.91 Å². The van der Waals surface area contributed by atoms with E-state index in [4.69, 9.17) is 14.2 Å². The summed E-state index contributed by atoms with van der Waals surface area (Å²) < 4.78 is 15.8. The number of rotatable bonds is 7. The summed E-state index contributed by atoms with van der Waals surface area (Å²) in [7, 11) is 3.10. The molecule has 0 fully saturated rings. The highest BCUT2D eigenvalue weighted by atomic mass is 16.5. The smallest absolute Gasteiger partial charge is 0.251 e. The largest absolute Gasteiger partial charge is 0.494 e. The van der Waals surface area contributed by atoms with E-state index in [0.717, 1.165) is 11.3 Å². The summed E-state index contributed by atoms with van der Waals surface area (Å²) in [6.45, 7) is 4.51. The maximum atomic E-state index is 12.4. The number of carbonyl (C=O) groups is 1. The molecule has 128 valence electrons. The van der Waals surface area contributed by atoms with E-state index < -0.39 is 0 Å². The van der Waals surface area contributed by atoms with Crippen LogP contribution in [-0.4, -0.2) is 26.7 Å². The van der Waals surface area contributed by atoms with Crippen molar-refractivity contribution in [2.24, 2.45) is 0 Å². The van der Waals surface area contributed by atoms with Gasteiger partial charge in [0.1, 0.15) is 5.75 Å². The van der Waals surface area contributed by atoms with Crippen molar-refractivity contribution in [1.82, 2.24) is 5.32 Å². The predicted octanol–water partition coefficient (Wildman–Crippen LogP) is 3.59. The van der Waals surface area contributed by atoms with Gasteiger partial charge in [0, 0.05) is 5.56 Å². The molecule has 0 bridgehead atoms. The van der Waals surface area contributed by atoms with Gasteiger partial charge in [-0.1, -0.05) is 12.1 Å². The second kappa shape index (κ2) is 8.24. The minimum absolute atomic E-state index is 0.124. The fraction of sp³-hybridized carbons (Fsp3) is 0.316. The Hall–Kier alpha value is -2.69. The van der Waals surface area contributed by atoms with Gasteiger partial charge in [-0.15, -0.1) is 0 Å². The van der Waals surface area contributed by atoms with Crippen LogP contribution in [0.2, 0.25) is 0 Å². The Kier molecular flexibility index (Phi) is 6.07. The van der Waals surface area contributed by atoms with E-state index in [1.54, 1.807) is 32.4 Å². The maximum Gasteiger partial charge on any atom is 0.251 e. The lowest BCUT2D eigenvalue weighted by molar-refractivity contribution is 0.0939. The van der Waals surface area contributed by atoms with Crippen molar-refractivity contribution in [3.8, 4) is 17.2 Å². The third kappa shape index (κ3) is 4.19. The second-order valence-corrected chi connectivity index (χ2v) is 5.27. The van der Waals surface area contributed by atoms with E-state index in [0.29, 0.717) is 23.7 Å². The van der Waals surface area contributed by atoms with Gasteiger partial charge in [0.25, 0.3) is 5.91 Å². The van der Waals surface area contributed by atoms with Crippen molar-refractivity contribution in [2.45, 2.75) is 19.9 Å². The highest BCUT2D eigenvalue weighted by molar-refractivity contribution is 5.95. The molecule has 0 aliphatic carbocycles. The zero-order chi connectivity index (χ0) is 17.5. The summed E-state index contributed by atoms with van der Waals surface area (Å²) >= 11 is 0. The molecule has 0 aliphatic heterocycles. The summed E-state index contributed by atoms with van der Waals surface area (Å²) in [5.41, 5.74) is 1.53. The monoisotopic (exact) mass is 329 g/mol. The van der Waals surface area contributed by atoms with Gasteiger partial charge in [-0.05, 0) is 49.7 Å². The predicted molar refractivity (Wildman–Crippen MR) is 93.0 cm³/mol. The van der Waals surface area contributed by atoms with E-state index in [-0.39, 0.29) is 11.9 Å². The molecule has 0 aromatic heterocycles. The summed E-state index contributed by atoms with van der Waals surface area (Å²) in [4.78, 5) is 12.4. The molecule has 1 unspecified atom stereocenters. The molecule has 0 spiro atoms. The van der Waals surface area contributed by atoms with Crippen molar-refractivity contribution < 1.29 is 19.0 Å². The summed E-state index contributed by atoms with van der Waals surface area (Å²) in [6, 6.07) is 12.7. The molecule has 1 N–H and O–H groups in total. The Morgan fingerprint density at radius 2 is 1.71 bits per heavy atom.